The Morgan fingerprint density at radius 2 is 1.53 bits per heavy atom. The summed E-state index contributed by atoms with van der Waals surface area (Å²) in [6, 6.07) is 2.43. The van der Waals surface area contributed by atoms with Gasteiger partial charge in [-0.25, -0.2) is 8.78 Å². The molecule has 5 heteroatoms. The van der Waals surface area contributed by atoms with Gasteiger partial charge in [-0.3, -0.25) is 0 Å². The quantitative estimate of drug-likeness (QED) is 0.687. The van der Waals surface area contributed by atoms with E-state index in [0.29, 0.717) is 4.47 Å². The van der Waals surface area contributed by atoms with Gasteiger partial charge in [-0.05, 0) is 30.3 Å². The normalized spacial score (nSPS) is 12.7. The smallest absolute Gasteiger partial charge is 0.250 e. The Hall–Kier alpha value is -0.423. The van der Waals surface area contributed by atoms with Crippen LogP contribution in [0.5, 0.6) is 5.75 Å². The molecule has 0 aromatic heterocycles. The van der Waals surface area contributed by atoms with E-state index in [1.807, 2.05) is 33.9 Å². The molecule has 0 amide bonds. The first-order valence-electron chi connectivity index (χ1n) is 5.38. The van der Waals surface area contributed by atoms with Gasteiger partial charge in [-0.15, -0.1) is 0 Å². The molecule has 96 valence electrons. The molecule has 0 saturated heterocycles. The molecule has 1 aromatic rings. The van der Waals surface area contributed by atoms with Crippen LogP contribution in [0.15, 0.2) is 16.6 Å². The second-order valence-corrected chi connectivity index (χ2v) is 11.2. The highest BCUT2D eigenvalue weighted by Crippen LogP contribution is 2.39. The van der Waals surface area contributed by atoms with Crippen molar-refractivity contribution in [3.8, 4) is 5.75 Å². The lowest BCUT2D eigenvalue weighted by atomic mass is 10.2. The van der Waals surface area contributed by atoms with Crippen molar-refractivity contribution in [3.63, 3.8) is 0 Å². The van der Waals surface area contributed by atoms with E-state index in [2.05, 4.69) is 15.9 Å². The lowest BCUT2D eigenvalue weighted by molar-refractivity contribution is 0.423. The average Bonchev–Trinajstić information content (AvgIpc) is 2.09. The Bertz CT molecular complexity index is 404. The number of benzene rings is 1. The van der Waals surface area contributed by atoms with Crippen molar-refractivity contribution in [1.29, 1.82) is 0 Å². The third-order valence-electron chi connectivity index (χ3n) is 3.13. The Balaban J connectivity index is 3.13. The third-order valence-corrected chi connectivity index (χ3v) is 7.91. The molecular formula is C12H17BrF2OSi. The molecule has 0 bridgehead atoms. The molecule has 0 aliphatic rings. The summed E-state index contributed by atoms with van der Waals surface area (Å²) in [5, 5.41) is -0.0983. The minimum Gasteiger partial charge on any atom is -0.540 e. The maximum Gasteiger partial charge on any atom is 0.250 e. The fraction of sp³-hybridized carbons (Fsp3) is 0.500. The maximum absolute atomic E-state index is 13.7. The first-order valence-corrected chi connectivity index (χ1v) is 9.08. The van der Waals surface area contributed by atoms with Crippen LogP contribution < -0.4 is 4.43 Å². The molecule has 0 unspecified atom stereocenters. The summed E-state index contributed by atoms with van der Waals surface area (Å²) in [6.07, 6.45) is 0. The van der Waals surface area contributed by atoms with Gasteiger partial charge in [0.25, 0.3) is 8.32 Å². The lowest BCUT2D eigenvalue weighted by Crippen LogP contribution is -2.44. The van der Waals surface area contributed by atoms with Gasteiger partial charge in [-0.1, -0.05) is 36.7 Å². The molecule has 0 spiro atoms. The average molecular weight is 323 g/mol. The first kappa shape index (κ1) is 14.6. The maximum atomic E-state index is 13.7. The van der Waals surface area contributed by atoms with Crippen LogP contribution in [-0.2, 0) is 0 Å². The lowest BCUT2D eigenvalue weighted by Gasteiger charge is -2.36. The van der Waals surface area contributed by atoms with Crippen molar-refractivity contribution in [2.75, 3.05) is 0 Å². The van der Waals surface area contributed by atoms with Crippen LogP contribution in [0, 0.1) is 11.6 Å². The van der Waals surface area contributed by atoms with E-state index in [1.54, 1.807) is 0 Å². The molecule has 0 saturated carbocycles. The molecule has 0 aliphatic carbocycles. The first-order chi connectivity index (χ1) is 7.54. The predicted octanol–water partition coefficient (Wildman–Crippen LogP) is 5.11. The van der Waals surface area contributed by atoms with Gasteiger partial charge in [0.05, 0.1) is 0 Å². The summed E-state index contributed by atoms with van der Waals surface area (Å²) in [4.78, 5) is 0. The number of halogens is 3. The van der Waals surface area contributed by atoms with Gasteiger partial charge in [0.2, 0.25) is 0 Å². The van der Waals surface area contributed by atoms with Crippen LogP contribution in [0.3, 0.4) is 0 Å². The highest BCUT2D eigenvalue weighted by atomic mass is 79.9. The van der Waals surface area contributed by atoms with Gasteiger partial charge < -0.3 is 4.43 Å². The minimum absolute atomic E-state index is 0.0983. The largest absolute Gasteiger partial charge is 0.540 e. The van der Waals surface area contributed by atoms with E-state index >= 15 is 0 Å². The van der Waals surface area contributed by atoms with Crippen molar-refractivity contribution >= 4 is 24.2 Å². The Morgan fingerprint density at radius 1 is 1.12 bits per heavy atom. The highest BCUT2D eigenvalue weighted by molar-refractivity contribution is 9.10. The van der Waals surface area contributed by atoms with Crippen LogP contribution >= 0.6 is 15.9 Å². The van der Waals surface area contributed by atoms with Gasteiger partial charge in [-0.2, -0.15) is 0 Å². The second kappa shape index (κ2) is 4.69. The monoisotopic (exact) mass is 322 g/mol. The minimum atomic E-state index is -2.22. The standard InChI is InChI=1S/C12H17BrF2OSi/c1-12(2,3)17(4,5)16-11-9(14)6-8(13)7-10(11)15/h6-7H,1-5H3. The molecule has 1 aromatic carbocycles. The van der Waals surface area contributed by atoms with Crippen LogP contribution in [0.4, 0.5) is 8.78 Å². The zero-order valence-electron chi connectivity index (χ0n) is 10.7. The topological polar surface area (TPSA) is 9.23 Å². The number of hydrogen-bond donors (Lipinski definition) is 0. The van der Waals surface area contributed by atoms with Crippen molar-refractivity contribution in [3.05, 3.63) is 28.2 Å². The Kier molecular flexibility index (Phi) is 4.03. The zero-order valence-corrected chi connectivity index (χ0v) is 13.3. The van der Waals surface area contributed by atoms with E-state index in [9.17, 15) is 8.78 Å². The molecule has 0 heterocycles. The van der Waals surface area contributed by atoms with Gasteiger partial charge in [0.1, 0.15) is 0 Å². The fourth-order valence-electron chi connectivity index (χ4n) is 1.03. The van der Waals surface area contributed by atoms with E-state index < -0.39 is 20.0 Å². The van der Waals surface area contributed by atoms with E-state index in [4.69, 9.17) is 4.43 Å². The van der Waals surface area contributed by atoms with Crippen LogP contribution in [0.1, 0.15) is 20.8 Å². The summed E-state index contributed by atoms with van der Waals surface area (Å²) in [5.41, 5.74) is 0. The van der Waals surface area contributed by atoms with E-state index in [0.717, 1.165) is 0 Å². The Labute approximate surface area is 110 Å². The van der Waals surface area contributed by atoms with Gasteiger partial charge in [0, 0.05) is 4.47 Å². The molecule has 0 radical (unpaired) electrons. The van der Waals surface area contributed by atoms with E-state index in [1.165, 1.54) is 12.1 Å². The van der Waals surface area contributed by atoms with Crippen molar-refractivity contribution in [2.45, 2.75) is 38.9 Å². The van der Waals surface area contributed by atoms with Crippen LogP contribution in [0.2, 0.25) is 18.1 Å². The molecule has 0 atom stereocenters. The third kappa shape index (κ3) is 3.28. The molecule has 1 rings (SSSR count). The van der Waals surface area contributed by atoms with Crippen LogP contribution in [0.25, 0.3) is 0 Å². The highest BCUT2D eigenvalue weighted by Gasteiger charge is 2.40. The molecule has 1 nitrogen and oxygen atoms in total. The number of rotatable bonds is 2. The van der Waals surface area contributed by atoms with Gasteiger partial charge in [0.15, 0.2) is 17.4 Å². The fourth-order valence-corrected chi connectivity index (χ4v) is 2.45. The molecule has 0 fully saturated rings. The van der Waals surface area contributed by atoms with Crippen molar-refractivity contribution in [1.82, 2.24) is 0 Å². The van der Waals surface area contributed by atoms with Crippen molar-refractivity contribution in [2.24, 2.45) is 0 Å². The summed E-state index contributed by atoms with van der Waals surface area (Å²) in [5.74, 6) is -1.59. The summed E-state index contributed by atoms with van der Waals surface area (Å²) < 4.78 is 33.3. The molecule has 0 N–H and O–H groups in total. The van der Waals surface area contributed by atoms with Crippen molar-refractivity contribution < 1.29 is 13.2 Å². The molecular weight excluding hydrogens is 306 g/mol. The summed E-state index contributed by atoms with van der Waals surface area (Å²) in [6.45, 7) is 9.97. The second-order valence-electron chi connectivity index (χ2n) is 5.56. The Morgan fingerprint density at radius 3 is 1.88 bits per heavy atom. The molecule has 0 aliphatic heterocycles. The predicted molar refractivity (Wildman–Crippen MR) is 71.9 cm³/mol. The number of hydrogen-bond acceptors (Lipinski definition) is 1. The SMILES string of the molecule is CC(C)(C)[Si](C)(C)Oc1c(F)cc(Br)cc1F. The van der Waals surface area contributed by atoms with Gasteiger partial charge >= 0.3 is 0 Å². The molecule has 17 heavy (non-hydrogen) atoms. The summed E-state index contributed by atoms with van der Waals surface area (Å²) in [7, 11) is -2.22. The van der Waals surface area contributed by atoms with Crippen LogP contribution in [-0.4, -0.2) is 8.32 Å². The van der Waals surface area contributed by atoms with E-state index in [-0.39, 0.29) is 10.8 Å². The summed E-state index contributed by atoms with van der Waals surface area (Å²) >= 11 is 3.04. The zero-order chi connectivity index (χ0) is 13.4.